The Morgan fingerprint density at radius 3 is 2.47 bits per heavy atom. The summed E-state index contributed by atoms with van der Waals surface area (Å²) in [5.74, 6) is -1.05. The van der Waals surface area contributed by atoms with Crippen LogP contribution in [0.5, 0.6) is 0 Å². The third kappa shape index (κ3) is 2.81. The molecule has 0 fully saturated rings. The number of carbonyl (C=O) groups is 1. The van der Waals surface area contributed by atoms with Gasteiger partial charge in [-0.25, -0.2) is 9.78 Å². The molecule has 0 aromatic carbocycles. The first-order valence-electron chi connectivity index (χ1n) is 4.33. The maximum absolute atomic E-state index is 10.8. The Bertz CT molecular complexity index is 413. The van der Waals surface area contributed by atoms with Crippen LogP contribution < -0.4 is 0 Å². The molecule has 0 spiro atoms. The maximum atomic E-state index is 10.8. The lowest BCUT2D eigenvalue weighted by Gasteiger charge is -2.20. The quantitative estimate of drug-likeness (QED) is 0.631. The molecule has 0 saturated heterocycles. The fraction of sp³-hybridized carbons (Fsp3) is 0.400. The Morgan fingerprint density at radius 1 is 1.53 bits per heavy atom. The van der Waals surface area contributed by atoms with Gasteiger partial charge in [0.2, 0.25) is 0 Å². The second-order valence-electron chi connectivity index (χ2n) is 4.21. The van der Waals surface area contributed by atoms with Gasteiger partial charge in [-0.05, 0) is 28.7 Å². The second kappa shape index (κ2) is 4.25. The van der Waals surface area contributed by atoms with Gasteiger partial charge in [0.15, 0.2) is 0 Å². The van der Waals surface area contributed by atoms with Crippen LogP contribution in [-0.2, 0) is 5.41 Å². The van der Waals surface area contributed by atoms with Crippen LogP contribution in [0.4, 0.5) is 0 Å². The van der Waals surface area contributed by atoms with E-state index >= 15 is 0 Å². The highest BCUT2D eigenvalue weighted by molar-refractivity contribution is 14.1. The van der Waals surface area contributed by atoms with E-state index in [9.17, 15) is 4.79 Å². The molecule has 0 bridgehead atoms. The van der Waals surface area contributed by atoms with Gasteiger partial charge >= 0.3 is 5.97 Å². The van der Waals surface area contributed by atoms with Crippen molar-refractivity contribution in [2.75, 3.05) is 0 Å². The number of hydrogen-bond donors (Lipinski definition) is 1. The zero-order valence-corrected chi connectivity index (χ0v) is 11.5. The Hall–Kier alpha value is -0.360. The Kier molecular flexibility index (Phi) is 3.60. The number of hydrogen-bond acceptors (Lipinski definition) is 2. The lowest BCUT2D eigenvalue weighted by molar-refractivity contribution is 0.0696. The van der Waals surface area contributed by atoms with E-state index in [1.807, 2.05) is 20.8 Å². The number of aromatic nitrogens is 1. The molecule has 1 aromatic rings. The standard InChI is InChI=1S/C10H11ClINO2/c1-10(2,3)7-6(12)4-5(9(14)15)8(11)13-7/h4H,1-3H3,(H,14,15). The average Bonchev–Trinajstić information content (AvgIpc) is 2.06. The van der Waals surface area contributed by atoms with Crippen LogP contribution in [0.1, 0.15) is 36.8 Å². The average molecular weight is 340 g/mol. The molecule has 0 aliphatic heterocycles. The van der Waals surface area contributed by atoms with E-state index in [-0.39, 0.29) is 16.1 Å². The lowest BCUT2D eigenvalue weighted by Crippen LogP contribution is -2.17. The van der Waals surface area contributed by atoms with Gasteiger partial charge in [-0.1, -0.05) is 32.4 Å². The number of rotatable bonds is 1. The number of halogens is 2. The van der Waals surface area contributed by atoms with Gasteiger partial charge in [-0.15, -0.1) is 0 Å². The van der Waals surface area contributed by atoms with Crippen molar-refractivity contribution in [2.24, 2.45) is 0 Å². The minimum absolute atomic E-state index is 0.0489. The van der Waals surface area contributed by atoms with Crippen molar-refractivity contribution in [1.82, 2.24) is 4.98 Å². The Morgan fingerprint density at radius 2 is 2.07 bits per heavy atom. The van der Waals surface area contributed by atoms with E-state index in [2.05, 4.69) is 27.6 Å². The zero-order chi connectivity index (χ0) is 11.8. The first-order chi connectivity index (χ1) is 6.73. The van der Waals surface area contributed by atoms with E-state index < -0.39 is 5.97 Å². The summed E-state index contributed by atoms with van der Waals surface area (Å²) >= 11 is 7.88. The Labute approximate surface area is 107 Å². The van der Waals surface area contributed by atoms with Gasteiger partial charge in [0, 0.05) is 8.99 Å². The molecule has 0 radical (unpaired) electrons. The molecule has 0 unspecified atom stereocenters. The third-order valence-corrected chi connectivity index (χ3v) is 2.98. The minimum Gasteiger partial charge on any atom is -0.478 e. The minimum atomic E-state index is -1.05. The molecule has 5 heteroatoms. The predicted molar refractivity (Wildman–Crippen MR) is 67.6 cm³/mol. The molecule has 1 N–H and O–H groups in total. The van der Waals surface area contributed by atoms with Crippen molar-refractivity contribution in [3.63, 3.8) is 0 Å². The molecule has 1 aromatic heterocycles. The van der Waals surface area contributed by atoms with Gasteiger partial charge in [0.05, 0.1) is 11.3 Å². The molecule has 0 aliphatic rings. The monoisotopic (exact) mass is 339 g/mol. The van der Waals surface area contributed by atoms with Crippen LogP contribution in [0.15, 0.2) is 6.07 Å². The third-order valence-electron chi connectivity index (χ3n) is 1.87. The SMILES string of the molecule is CC(C)(C)c1nc(Cl)c(C(=O)O)cc1I. The molecular formula is C10H11ClINO2. The summed E-state index contributed by atoms with van der Waals surface area (Å²) in [6.07, 6.45) is 0. The summed E-state index contributed by atoms with van der Waals surface area (Å²) in [5, 5.41) is 8.90. The van der Waals surface area contributed by atoms with Crippen LogP contribution >= 0.6 is 34.2 Å². The van der Waals surface area contributed by atoms with Crippen LogP contribution in [0.2, 0.25) is 5.15 Å². The normalized spacial score (nSPS) is 11.5. The largest absolute Gasteiger partial charge is 0.478 e. The summed E-state index contributed by atoms with van der Waals surface area (Å²) in [7, 11) is 0. The van der Waals surface area contributed by atoms with E-state index in [0.29, 0.717) is 0 Å². The molecule has 82 valence electrons. The number of pyridine rings is 1. The summed E-state index contributed by atoms with van der Waals surface area (Å²) in [6, 6.07) is 1.55. The van der Waals surface area contributed by atoms with Crippen molar-refractivity contribution >= 4 is 40.2 Å². The van der Waals surface area contributed by atoms with Crippen LogP contribution in [0.25, 0.3) is 0 Å². The fourth-order valence-electron chi connectivity index (χ4n) is 1.14. The van der Waals surface area contributed by atoms with Crippen molar-refractivity contribution < 1.29 is 9.90 Å². The summed E-state index contributed by atoms with van der Waals surface area (Å²) < 4.78 is 0.821. The Balaban J connectivity index is 3.39. The predicted octanol–water partition coefficient (Wildman–Crippen LogP) is 3.34. The summed E-state index contributed by atoms with van der Waals surface area (Å²) in [6.45, 7) is 6.02. The molecule has 0 atom stereocenters. The van der Waals surface area contributed by atoms with Crippen molar-refractivity contribution in [2.45, 2.75) is 26.2 Å². The summed E-state index contributed by atoms with van der Waals surface area (Å²) in [5.41, 5.74) is 0.726. The van der Waals surface area contributed by atoms with E-state index in [0.717, 1.165) is 9.26 Å². The first kappa shape index (κ1) is 12.7. The van der Waals surface area contributed by atoms with Crippen LogP contribution in [0.3, 0.4) is 0 Å². The molecule has 3 nitrogen and oxygen atoms in total. The molecule has 1 rings (SSSR count). The van der Waals surface area contributed by atoms with Gasteiger partial charge < -0.3 is 5.11 Å². The smallest absolute Gasteiger partial charge is 0.338 e. The second-order valence-corrected chi connectivity index (χ2v) is 5.73. The van der Waals surface area contributed by atoms with Gasteiger partial charge in [-0.3, -0.25) is 0 Å². The van der Waals surface area contributed by atoms with Crippen molar-refractivity contribution in [1.29, 1.82) is 0 Å². The number of carboxylic acids is 1. The first-order valence-corrected chi connectivity index (χ1v) is 5.79. The zero-order valence-electron chi connectivity index (χ0n) is 8.64. The number of aromatic carboxylic acids is 1. The van der Waals surface area contributed by atoms with Crippen LogP contribution in [0, 0.1) is 3.57 Å². The lowest BCUT2D eigenvalue weighted by atomic mass is 9.91. The van der Waals surface area contributed by atoms with Crippen molar-refractivity contribution in [3.05, 3.63) is 26.0 Å². The highest BCUT2D eigenvalue weighted by Gasteiger charge is 2.22. The molecule has 0 aliphatic carbocycles. The van der Waals surface area contributed by atoms with Gasteiger partial charge in [-0.2, -0.15) is 0 Å². The van der Waals surface area contributed by atoms with E-state index in [4.69, 9.17) is 16.7 Å². The summed E-state index contributed by atoms with van der Waals surface area (Å²) in [4.78, 5) is 14.9. The molecule has 0 saturated carbocycles. The highest BCUT2D eigenvalue weighted by Crippen LogP contribution is 2.28. The maximum Gasteiger partial charge on any atom is 0.338 e. The van der Waals surface area contributed by atoms with E-state index in [1.54, 1.807) is 6.07 Å². The topological polar surface area (TPSA) is 50.2 Å². The fourth-order valence-corrected chi connectivity index (χ4v) is 2.60. The molecule has 15 heavy (non-hydrogen) atoms. The van der Waals surface area contributed by atoms with Crippen LogP contribution in [-0.4, -0.2) is 16.1 Å². The highest BCUT2D eigenvalue weighted by atomic mass is 127. The van der Waals surface area contributed by atoms with E-state index in [1.165, 1.54) is 0 Å². The molecule has 0 amide bonds. The molecule has 1 heterocycles. The van der Waals surface area contributed by atoms with Crippen molar-refractivity contribution in [3.8, 4) is 0 Å². The molecular weight excluding hydrogens is 328 g/mol. The van der Waals surface area contributed by atoms with Gasteiger partial charge in [0.25, 0.3) is 0 Å². The van der Waals surface area contributed by atoms with Gasteiger partial charge in [0.1, 0.15) is 5.15 Å². The number of carboxylic acid groups (broad SMARTS) is 1. The number of nitrogens with zero attached hydrogens (tertiary/aromatic N) is 1.